The van der Waals surface area contributed by atoms with Gasteiger partial charge in [0.2, 0.25) is 0 Å². The van der Waals surface area contributed by atoms with E-state index < -0.39 is 10.1 Å². The molecule has 2 rings (SSSR count). The normalized spacial score (nSPS) is 10.8. The maximum atomic E-state index is 10.9. The van der Waals surface area contributed by atoms with Gasteiger partial charge in [0.15, 0.2) is 10.6 Å². The number of nitrogens with two attached hydrogens (primary N) is 1. The molecule has 0 aliphatic carbocycles. The van der Waals surface area contributed by atoms with Gasteiger partial charge in [-0.15, -0.1) is 5.10 Å². The number of halogens is 1. The van der Waals surface area contributed by atoms with E-state index in [0.717, 1.165) is 10.4 Å². The van der Waals surface area contributed by atoms with Gasteiger partial charge in [-0.2, -0.15) is 13.2 Å². The first-order chi connectivity index (χ1) is 10.0. The molecule has 9 heteroatoms. The fourth-order valence-electron chi connectivity index (χ4n) is 1.99. The van der Waals surface area contributed by atoms with Crippen molar-refractivity contribution in [1.29, 1.82) is 5.41 Å². The van der Waals surface area contributed by atoms with Crippen LogP contribution < -0.4 is 11.3 Å². The fraction of sp³-hybridized carbons (Fsp3) is 0.231. The number of benzene rings is 1. The molecular weight excluding hydrogens is 328 g/mol. The number of aromatic nitrogens is 2. The third-order valence-electron chi connectivity index (χ3n) is 2.69. The summed E-state index contributed by atoms with van der Waals surface area (Å²) in [7, 11) is -4.08. The summed E-state index contributed by atoms with van der Waals surface area (Å²) in [5.41, 5.74) is 2.28. The van der Waals surface area contributed by atoms with Gasteiger partial charge in [0.1, 0.15) is 0 Å². The zero-order chi connectivity index (χ0) is 17.1. The van der Waals surface area contributed by atoms with Crippen LogP contribution in [0.25, 0.3) is 0 Å². The average Bonchev–Trinajstić information content (AvgIpc) is 2.31. The molecule has 0 aliphatic heterocycles. The van der Waals surface area contributed by atoms with E-state index in [1.54, 1.807) is 26.0 Å². The molecule has 120 valence electrons. The molecule has 0 saturated carbocycles. The Kier molecular flexibility index (Phi) is 5.70. The Morgan fingerprint density at radius 2 is 1.73 bits per heavy atom. The van der Waals surface area contributed by atoms with Crippen LogP contribution in [0.4, 0.5) is 0 Å². The van der Waals surface area contributed by atoms with Crippen LogP contribution in [-0.2, 0) is 10.1 Å². The number of nitrogens with one attached hydrogen (secondary N) is 1. The Labute approximate surface area is 133 Å². The second-order valence-electron chi connectivity index (χ2n) is 4.69. The fourth-order valence-corrected chi connectivity index (χ4v) is 3.06. The summed E-state index contributed by atoms with van der Waals surface area (Å²) >= 11 is 5.42. The molecule has 0 saturated heterocycles. The van der Waals surface area contributed by atoms with Crippen molar-refractivity contribution in [2.24, 2.45) is 0 Å². The van der Waals surface area contributed by atoms with Gasteiger partial charge in [-0.25, -0.2) is 0 Å². The summed E-state index contributed by atoms with van der Waals surface area (Å²) in [5.74, 6) is 5.15. The molecule has 1 aromatic heterocycles. The topological polar surface area (TPSA) is 122 Å². The van der Waals surface area contributed by atoms with Crippen molar-refractivity contribution in [2.75, 3.05) is 5.84 Å². The average molecular weight is 345 g/mol. The largest absolute Gasteiger partial charge is 0.321 e. The highest BCUT2D eigenvalue weighted by molar-refractivity contribution is 7.86. The van der Waals surface area contributed by atoms with Crippen LogP contribution in [0.1, 0.15) is 16.7 Å². The lowest BCUT2D eigenvalue weighted by molar-refractivity contribution is 0.482. The molecule has 1 aromatic carbocycles. The van der Waals surface area contributed by atoms with Crippen LogP contribution in [0.5, 0.6) is 0 Å². The standard InChI is InChI=1S/C9H12O3S.C4H5ClN4/c1-6-4-7(2)9(8(3)5-6)13(10,11)12;5-3-1-2-4(6)9(7)8-3/h4-5H,1-3H3,(H,10,11,12);1-2,6H,7H2. The first-order valence-corrected chi connectivity index (χ1v) is 7.95. The van der Waals surface area contributed by atoms with Crippen LogP contribution in [0, 0.1) is 26.2 Å². The predicted molar refractivity (Wildman–Crippen MR) is 83.7 cm³/mol. The van der Waals surface area contributed by atoms with Gasteiger partial charge in [0.05, 0.1) is 4.90 Å². The van der Waals surface area contributed by atoms with Crippen LogP contribution in [-0.4, -0.2) is 22.9 Å². The lowest BCUT2D eigenvalue weighted by Crippen LogP contribution is -2.28. The van der Waals surface area contributed by atoms with Crippen molar-refractivity contribution in [3.63, 3.8) is 0 Å². The van der Waals surface area contributed by atoms with E-state index in [-0.39, 0.29) is 15.5 Å². The van der Waals surface area contributed by atoms with E-state index in [1.807, 2.05) is 6.92 Å². The monoisotopic (exact) mass is 344 g/mol. The van der Waals surface area contributed by atoms with Gasteiger partial charge < -0.3 is 5.84 Å². The molecule has 0 amide bonds. The van der Waals surface area contributed by atoms with Crippen molar-refractivity contribution in [1.82, 2.24) is 9.89 Å². The Morgan fingerprint density at radius 1 is 1.23 bits per heavy atom. The number of aryl methyl sites for hydroxylation is 3. The number of hydrogen-bond donors (Lipinski definition) is 3. The third kappa shape index (κ3) is 4.83. The maximum absolute atomic E-state index is 10.9. The Hall–Kier alpha value is -1.90. The lowest BCUT2D eigenvalue weighted by atomic mass is 10.1. The Morgan fingerprint density at radius 3 is 2.09 bits per heavy atom. The molecule has 22 heavy (non-hydrogen) atoms. The summed E-state index contributed by atoms with van der Waals surface area (Å²) < 4.78 is 30.8. The summed E-state index contributed by atoms with van der Waals surface area (Å²) in [5, 5.41) is 10.9. The lowest BCUT2D eigenvalue weighted by Gasteiger charge is -2.07. The number of nitrogen functional groups attached to an aromatic ring is 1. The van der Waals surface area contributed by atoms with E-state index in [0.29, 0.717) is 11.1 Å². The minimum Gasteiger partial charge on any atom is -0.321 e. The summed E-state index contributed by atoms with van der Waals surface area (Å²) in [6, 6.07) is 6.44. The molecule has 1 heterocycles. The van der Waals surface area contributed by atoms with E-state index in [1.165, 1.54) is 12.1 Å². The van der Waals surface area contributed by atoms with Crippen LogP contribution in [0.3, 0.4) is 0 Å². The van der Waals surface area contributed by atoms with E-state index in [2.05, 4.69) is 5.10 Å². The van der Waals surface area contributed by atoms with Crippen molar-refractivity contribution < 1.29 is 13.0 Å². The highest BCUT2D eigenvalue weighted by Gasteiger charge is 2.15. The second-order valence-corrected chi connectivity index (χ2v) is 6.43. The second kappa shape index (κ2) is 6.91. The smallest absolute Gasteiger partial charge is 0.295 e. The summed E-state index contributed by atoms with van der Waals surface area (Å²) in [6.45, 7) is 5.22. The minimum absolute atomic E-state index is 0.0260. The molecule has 0 bridgehead atoms. The Balaban J connectivity index is 0.000000235. The zero-order valence-corrected chi connectivity index (χ0v) is 13.9. The van der Waals surface area contributed by atoms with Crippen LogP contribution in [0.2, 0.25) is 5.15 Å². The van der Waals surface area contributed by atoms with Crippen LogP contribution >= 0.6 is 11.6 Å². The van der Waals surface area contributed by atoms with Crippen molar-refractivity contribution in [3.05, 3.63) is 51.6 Å². The van der Waals surface area contributed by atoms with E-state index >= 15 is 0 Å². The summed E-state index contributed by atoms with van der Waals surface area (Å²) in [6.07, 6.45) is 0. The van der Waals surface area contributed by atoms with Gasteiger partial charge in [-0.3, -0.25) is 9.96 Å². The van der Waals surface area contributed by atoms with E-state index in [9.17, 15) is 8.42 Å². The van der Waals surface area contributed by atoms with Gasteiger partial charge >= 0.3 is 0 Å². The zero-order valence-electron chi connectivity index (χ0n) is 12.3. The molecule has 0 fully saturated rings. The van der Waals surface area contributed by atoms with Gasteiger partial charge in [0.25, 0.3) is 10.1 Å². The SMILES string of the molecule is Cc1cc(C)c(S(=O)(=O)O)c(C)c1.N=c1ccc(Cl)nn1N. The molecule has 0 atom stereocenters. The first-order valence-electron chi connectivity index (χ1n) is 6.13. The van der Waals surface area contributed by atoms with Gasteiger partial charge in [-0.1, -0.05) is 29.3 Å². The number of rotatable bonds is 1. The van der Waals surface area contributed by atoms with E-state index in [4.69, 9.17) is 27.4 Å². The van der Waals surface area contributed by atoms with Gasteiger partial charge in [0, 0.05) is 0 Å². The van der Waals surface area contributed by atoms with Crippen molar-refractivity contribution >= 4 is 21.7 Å². The van der Waals surface area contributed by atoms with Crippen molar-refractivity contribution in [3.8, 4) is 0 Å². The highest BCUT2D eigenvalue weighted by atomic mass is 35.5. The molecule has 0 unspecified atom stereocenters. The number of hydrogen-bond acceptors (Lipinski definition) is 5. The molecule has 0 aliphatic rings. The molecule has 2 aromatic rings. The third-order valence-corrected chi connectivity index (χ3v) is 4.05. The molecule has 0 spiro atoms. The van der Waals surface area contributed by atoms with Crippen molar-refractivity contribution in [2.45, 2.75) is 25.7 Å². The number of nitrogens with zero attached hydrogens (tertiary/aromatic N) is 2. The Bertz CT molecular complexity index is 824. The molecule has 7 nitrogen and oxygen atoms in total. The van der Waals surface area contributed by atoms with Gasteiger partial charge in [-0.05, 0) is 44.0 Å². The first kappa shape index (κ1) is 18.1. The maximum Gasteiger partial charge on any atom is 0.295 e. The molecule has 4 N–H and O–H groups in total. The molecule has 0 radical (unpaired) electrons. The van der Waals surface area contributed by atoms with Crippen LogP contribution in [0.15, 0.2) is 29.2 Å². The highest BCUT2D eigenvalue weighted by Crippen LogP contribution is 2.20. The predicted octanol–water partition coefficient (Wildman–Crippen LogP) is 1.59. The minimum atomic E-state index is -4.08. The summed E-state index contributed by atoms with van der Waals surface area (Å²) in [4.78, 5) is 0.931. The molecular formula is C13H17ClN4O3S. The quantitative estimate of drug-likeness (QED) is 0.535.